The van der Waals surface area contributed by atoms with Crippen LogP contribution in [-0.4, -0.2) is 40.3 Å². The molecule has 0 unspecified atom stereocenters. The third kappa shape index (κ3) is 2.91. The van der Waals surface area contributed by atoms with Crippen LogP contribution in [0, 0.1) is 5.41 Å². The lowest BCUT2D eigenvalue weighted by Gasteiger charge is -2.23. The number of hydrogen-bond donors (Lipinski definition) is 0. The number of carbonyl (C=O) groups excluding carboxylic acids is 1. The van der Waals surface area contributed by atoms with E-state index in [0.29, 0.717) is 12.5 Å². The summed E-state index contributed by atoms with van der Waals surface area (Å²) >= 11 is 1.80. The van der Waals surface area contributed by atoms with Crippen molar-refractivity contribution in [1.29, 1.82) is 0 Å². The molecule has 120 valence electrons. The minimum absolute atomic E-state index is 0.139. The molecule has 2 fully saturated rings. The van der Waals surface area contributed by atoms with Crippen molar-refractivity contribution in [3.63, 3.8) is 0 Å². The Hall–Kier alpha value is -1.72. The maximum absolute atomic E-state index is 13.0. The van der Waals surface area contributed by atoms with Gasteiger partial charge in [0, 0.05) is 43.4 Å². The standard InChI is InChI=1S/C18H21N3OS/c22-17-18(5-8-20(14-18)13-16-4-2-10-23-16)6-9-21(17)12-15-3-1-7-19-11-15/h1-4,7,10-11H,5-6,8-9,12-14H2/t18-/m1/s1. The first-order valence-corrected chi connectivity index (χ1v) is 9.06. The molecular formula is C18H21N3OS. The number of likely N-dealkylation sites (tertiary alicyclic amines) is 2. The molecule has 0 bridgehead atoms. The van der Waals surface area contributed by atoms with Crippen LogP contribution in [0.1, 0.15) is 23.3 Å². The fourth-order valence-corrected chi connectivity index (χ4v) is 4.60. The summed E-state index contributed by atoms with van der Waals surface area (Å²) in [5.74, 6) is 0.343. The minimum atomic E-state index is -0.139. The van der Waals surface area contributed by atoms with E-state index in [1.165, 1.54) is 4.88 Å². The summed E-state index contributed by atoms with van der Waals surface area (Å²) in [5, 5.41) is 2.12. The lowest BCUT2D eigenvalue weighted by Crippen LogP contribution is -2.36. The van der Waals surface area contributed by atoms with Crippen LogP contribution in [0.15, 0.2) is 42.0 Å². The Morgan fingerprint density at radius 1 is 1.17 bits per heavy atom. The van der Waals surface area contributed by atoms with Gasteiger partial charge in [0.15, 0.2) is 0 Å². The molecule has 4 rings (SSSR count). The molecule has 4 heterocycles. The van der Waals surface area contributed by atoms with Gasteiger partial charge < -0.3 is 4.90 Å². The van der Waals surface area contributed by atoms with Gasteiger partial charge in [0.05, 0.1) is 5.41 Å². The molecule has 2 aliphatic rings. The number of carbonyl (C=O) groups is 1. The molecule has 0 radical (unpaired) electrons. The molecule has 1 atom stereocenters. The van der Waals surface area contributed by atoms with Crippen molar-refractivity contribution < 1.29 is 4.79 Å². The SMILES string of the molecule is O=C1N(Cc2cccnc2)CC[C@@]12CCN(Cc1cccs1)C2. The Balaban J connectivity index is 1.41. The Labute approximate surface area is 140 Å². The van der Waals surface area contributed by atoms with Gasteiger partial charge in [0.25, 0.3) is 0 Å². The van der Waals surface area contributed by atoms with Crippen molar-refractivity contribution in [3.05, 3.63) is 52.5 Å². The quantitative estimate of drug-likeness (QED) is 0.866. The summed E-state index contributed by atoms with van der Waals surface area (Å²) in [6, 6.07) is 8.26. The number of nitrogens with zero attached hydrogens (tertiary/aromatic N) is 3. The summed E-state index contributed by atoms with van der Waals surface area (Å²) in [7, 11) is 0. The summed E-state index contributed by atoms with van der Waals surface area (Å²) in [6.45, 7) is 4.49. The van der Waals surface area contributed by atoms with Crippen LogP contribution in [0.5, 0.6) is 0 Å². The van der Waals surface area contributed by atoms with E-state index >= 15 is 0 Å². The molecule has 2 aliphatic heterocycles. The largest absolute Gasteiger partial charge is 0.338 e. The number of rotatable bonds is 4. The zero-order chi connectivity index (χ0) is 15.7. The van der Waals surface area contributed by atoms with Gasteiger partial charge in [0.2, 0.25) is 5.91 Å². The van der Waals surface area contributed by atoms with E-state index in [1.807, 2.05) is 23.2 Å². The van der Waals surface area contributed by atoms with Crippen molar-refractivity contribution in [2.75, 3.05) is 19.6 Å². The van der Waals surface area contributed by atoms with Gasteiger partial charge in [-0.3, -0.25) is 14.7 Å². The molecule has 4 nitrogen and oxygen atoms in total. The average Bonchev–Trinajstić information content (AvgIpc) is 3.28. The summed E-state index contributed by atoms with van der Waals surface area (Å²) in [4.78, 5) is 23.0. The maximum atomic E-state index is 13.0. The Bertz CT molecular complexity index is 673. The lowest BCUT2D eigenvalue weighted by molar-refractivity contribution is -0.136. The monoisotopic (exact) mass is 327 g/mol. The number of pyridine rings is 1. The van der Waals surface area contributed by atoms with Crippen LogP contribution < -0.4 is 0 Å². The highest BCUT2D eigenvalue weighted by molar-refractivity contribution is 7.09. The highest BCUT2D eigenvalue weighted by Crippen LogP contribution is 2.41. The third-order valence-corrected chi connectivity index (χ3v) is 5.95. The number of thiophene rings is 1. The van der Waals surface area contributed by atoms with Crippen LogP contribution in [0.25, 0.3) is 0 Å². The first kappa shape index (κ1) is 14.8. The average molecular weight is 327 g/mol. The van der Waals surface area contributed by atoms with Crippen LogP contribution in [0.4, 0.5) is 0 Å². The van der Waals surface area contributed by atoms with Crippen LogP contribution >= 0.6 is 11.3 Å². The van der Waals surface area contributed by atoms with Crippen LogP contribution in [-0.2, 0) is 17.9 Å². The van der Waals surface area contributed by atoms with E-state index in [1.54, 1.807) is 17.5 Å². The molecule has 0 N–H and O–H groups in total. The Morgan fingerprint density at radius 3 is 2.87 bits per heavy atom. The molecular weight excluding hydrogens is 306 g/mol. The molecule has 2 saturated heterocycles. The zero-order valence-corrected chi connectivity index (χ0v) is 14.0. The predicted molar refractivity (Wildman–Crippen MR) is 90.9 cm³/mol. The first-order chi connectivity index (χ1) is 11.3. The fraction of sp³-hybridized carbons (Fsp3) is 0.444. The maximum Gasteiger partial charge on any atom is 0.230 e. The predicted octanol–water partition coefficient (Wildman–Crippen LogP) is 2.77. The Kier molecular flexibility index (Phi) is 3.91. The third-order valence-electron chi connectivity index (χ3n) is 5.09. The summed E-state index contributed by atoms with van der Waals surface area (Å²) in [6.07, 6.45) is 5.63. The molecule has 2 aromatic heterocycles. The zero-order valence-electron chi connectivity index (χ0n) is 13.1. The van der Waals surface area contributed by atoms with Gasteiger partial charge in [-0.2, -0.15) is 0 Å². The van der Waals surface area contributed by atoms with Crippen LogP contribution in [0.3, 0.4) is 0 Å². The normalized spacial score (nSPS) is 24.9. The second kappa shape index (κ2) is 6.06. The van der Waals surface area contributed by atoms with E-state index in [0.717, 1.165) is 44.6 Å². The minimum Gasteiger partial charge on any atom is -0.338 e. The van der Waals surface area contributed by atoms with Crippen molar-refractivity contribution in [2.24, 2.45) is 5.41 Å². The van der Waals surface area contributed by atoms with Crippen LogP contribution in [0.2, 0.25) is 0 Å². The number of amides is 1. The molecule has 5 heteroatoms. The topological polar surface area (TPSA) is 36.4 Å². The molecule has 1 amide bonds. The molecule has 0 aromatic carbocycles. The second-order valence-corrected chi connectivity index (χ2v) is 7.69. The lowest BCUT2D eigenvalue weighted by atomic mass is 9.85. The second-order valence-electron chi connectivity index (χ2n) is 6.66. The Morgan fingerprint density at radius 2 is 2.09 bits per heavy atom. The number of aromatic nitrogens is 1. The van der Waals surface area contributed by atoms with E-state index in [2.05, 4.69) is 27.4 Å². The van der Waals surface area contributed by atoms with E-state index in [9.17, 15) is 4.79 Å². The van der Waals surface area contributed by atoms with Gasteiger partial charge in [-0.15, -0.1) is 11.3 Å². The van der Waals surface area contributed by atoms with E-state index in [4.69, 9.17) is 0 Å². The van der Waals surface area contributed by atoms with E-state index in [-0.39, 0.29) is 5.41 Å². The van der Waals surface area contributed by atoms with Crippen molar-refractivity contribution in [2.45, 2.75) is 25.9 Å². The highest BCUT2D eigenvalue weighted by Gasteiger charge is 2.50. The highest BCUT2D eigenvalue weighted by atomic mass is 32.1. The molecule has 1 spiro atoms. The van der Waals surface area contributed by atoms with E-state index < -0.39 is 0 Å². The molecule has 0 saturated carbocycles. The first-order valence-electron chi connectivity index (χ1n) is 8.18. The molecule has 2 aromatic rings. The van der Waals surface area contributed by atoms with Gasteiger partial charge in [-0.25, -0.2) is 0 Å². The molecule has 0 aliphatic carbocycles. The van der Waals surface area contributed by atoms with Crippen molar-refractivity contribution in [1.82, 2.24) is 14.8 Å². The number of hydrogen-bond acceptors (Lipinski definition) is 4. The summed E-state index contributed by atoms with van der Waals surface area (Å²) < 4.78 is 0. The van der Waals surface area contributed by atoms with Crippen molar-refractivity contribution in [3.8, 4) is 0 Å². The van der Waals surface area contributed by atoms with Gasteiger partial charge in [-0.1, -0.05) is 12.1 Å². The van der Waals surface area contributed by atoms with Gasteiger partial charge >= 0.3 is 0 Å². The van der Waals surface area contributed by atoms with Crippen molar-refractivity contribution >= 4 is 17.2 Å². The fourth-order valence-electron chi connectivity index (χ4n) is 3.85. The summed E-state index contributed by atoms with van der Waals surface area (Å²) in [5.41, 5.74) is 0.978. The van der Waals surface area contributed by atoms with Gasteiger partial charge in [-0.05, 0) is 42.5 Å². The van der Waals surface area contributed by atoms with Gasteiger partial charge in [0.1, 0.15) is 0 Å². The smallest absolute Gasteiger partial charge is 0.230 e. The molecule has 23 heavy (non-hydrogen) atoms.